The third kappa shape index (κ3) is 5.99. The number of nitrogens with zero attached hydrogens (tertiary/aromatic N) is 3. The van der Waals surface area contributed by atoms with Gasteiger partial charge in [0.05, 0.1) is 12.2 Å². The molecular weight excluding hydrogens is 413 g/mol. The molecule has 0 saturated carbocycles. The second kappa shape index (κ2) is 9.46. The molecule has 0 amide bonds. The third-order valence-electron chi connectivity index (χ3n) is 3.49. The Morgan fingerprint density at radius 2 is 1.92 bits per heavy atom. The second-order valence-corrected chi connectivity index (χ2v) is 5.99. The minimum atomic E-state index is 0. The number of halogens is 1. The van der Waals surface area contributed by atoms with Crippen LogP contribution in [0.25, 0.3) is 0 Å². The lowest BCUT2D eigenvalue weighted by Crippen LogP contribution is -2.22. The van der Waals surface area contributed by atoms with Crippen molar-refractivity contribution < 1.29 is 0 Å². The van der Waals surface area contributed by atoms with Gasteiger partial charge in [-0.25, -0.2) is 9.98 Å². The number of nitrogens with one attached hydrogen (secondary N) is 1. The van der Waals surface area contributed by atoms with E-state index < -0.39 is 0 Å². The number of aliphatic imine (C=N–C) groups is 1. The third-order valence-corrected chi connectivity index (χ3v) is 3.49. The molecule has 6 heteroatoms. The summed E-state index contributed by atoms with van der Waals surface area (Å²) in [5.74, 6) is 1.78. The van der Waals surface area contributed by atoms with Crippen LogP contribution < -0.4 is 16.0 Å². The van der Waals surface area contributed by atoms with Crippen molar-refractivity contribution >= 4 is 41.4 Å². The molecule has 0 spiro atoms. The summed E-state index contributed by atoms with van der Waals surface area (Å²) in [6.07, 6.45) is 0. The summed E-state index contributed by atoms with van der Waals surface area (Å²) in [4.78, 5) is 10.9. The maximum absolute atomic E-state index is 5.98. The van der Waals surface area contributed by atoms with E-state index in [1.165, 1.54) is 5.56 Å². The van der Waals surface area contributed by atoms with Crippen LogP contribution in [0.15, 0.2) is 47.5 Å². The molecule has 0 radical (unpaired) electrons. The molecule has 0 aliphatic carbocycles. The maximum Gasteiger partial charge on any atom is 0.193 e. The lowest BCUT2D eigenvalue weighted by Gasteiger charge is -2.12. The molecule has 3 N–H and O–H groups in total. The number of hydrogen-bond acceptors (Lipinski definition) is 3. The van der Waals surface area contributed by atoms with E-state index in [2.05, 4.69) is 41.3 Å². The zero-order valence-electron chi connectivity index (χ0n) is 14.7. The Kier molecular flexibility index (Phi) is 7.97. The monoisotopic (exact) mass is 439 g/mol. The number of aromatic nitrogens is 1. The minimum Gasteiger partial charge on any atom is -0.370 e. The highest BCUT2D eigenvalue weighted by atomic mass is 127. The van der Waals surface area contributed by atoms with Crippen molar-refractivity contribution in [1.82, 2.24) is 4.98 Å². The molecule has 1 aromatic heterocycles. The molecule has 0 aliphatic heterocycles. The van der Waals surface area contributed by atoms with Gasteiger partial charge in [-0.15, -0.1) is 24.0 Å². The lowest BCUT2D eigenvalue weighted by molar-refractivity contribution is 0.867. The fourth-order valence-electron chi connectivity index (χ4n) is 2.13. The Hall–Kier alpha value is -1.83. The molecule has 0 aliphatic rings. The van der Waals surface area contributed by atoms with Crippen molar-refractivity contribution in [1.29, 1.82) is 0 Å². The molecule has 0 unspecified atom stereocenters. The predicted octanol–water partition coefficient (Wildman–Crippen LogP) is 3.82. The van der Waals surface area contributed by atoms with Crippen LogP contribution in [-0.4, -0.2) is 25.0 Å². The molecule has 130 valence electrons. The molecule has 24 heavy (non-hydrogen) atoms. The van der Waals surface area contributed by atoms with Gasteiger partial charge in [0.15, 0.2) is 5.96 Å². The van der Waals surface area contributed by atoms with E-state index in [0.717, 1.165) is 17.2 Å². The van der Waals surface area contributed by atoms with Crippen molar-refractivity contribution in [3.63, 3.8) is 0 Å². The first-order chi connectivity index (χ1) is 11.0. The standard InChI is InChI=1S/C18H25N5.HI/c1-13(2)14-7-5-8-15(11-14)22-18(19)20-12-16-9-6-10-17(21-16)23(3)4;/h5-11,13H,12H2,1-4H3,(H3,19,20,22);1H. The first-order valence-corrected chi connectivity index (χ1v) is 7.76. The Morgan fingerprint density at radius 1 is 1.21 bits per heavy atom. The van der Waals surface area contributed by atoms with E-state index in [0.29, 0.717) is 18.4 Å². The van der Waals surface area contributed by atoms with Gasteiger partial charge in [-0.1, -0.05) is 32.0 Å². The van der Waals surface area contributed by atoms with Crippen LogP contribution in [0.2, 0.25) is 0 Å². The zero-order chi connectivity index (χ0) is 16.8. The Bertz CT molecular complexity index is 683. The SMILES string of the molecule is CC(C)c1cccc(NC(N)=NCc2cccc(N(C)C)n2)c1.I. The number of benzene rings is 1. The number of nitrogens with two attached hydrogens (primary N) is 1. The van der Waals surface area contributed by atoms with E-state index in [1.54, 1.807) is 0 Å². The summed E-state index contributed by atoms with van der Waals surface area (Å²) in [6, 6.07) is 14.1. The Labute approximate surface area is 161 Å². The quantitative estimate of drug-likeness (QED) is 0.423. The summed E-state index contributed by atoms with van der Waals surface area (Å²) in [7, 11) is 3.93. The highest BCUT2D eigenvalue weighted by Crippen LogP contribution is 2.18. The van der Waals surface area contributed by atoms with E-state index >= 15 is 0 Å². The van der Waals surface area contributed by atoms with Crippen molar-refractivity contribution in [3.05, 3.63) is 53.7 Å². The van der Waals surface area contributed by atoms with Crippen LogP contribution >= 0.6 is 24.0 Å². The lowest BCUT2D eigenvalue weighted by atomic mass is 10.0. The molecule has 0 saturated heterocycles. The molecular formula is C18H26IN5. The minimum absolute atomic E-state index is 0. The largest absolute Gasteiger partial charge is 0.370 e. The molecule has 2 rings (SSSR count). The van der Waals surface area contributed by atoms with Gasteiger partial charge in [0.1, 0.15) is 5.82 Å². The number of anilines is 2. The van der Waals surface area contributed by atoms with Crippen LogP contribution in [0, 0.1) is 0 Å². The summed E-state index contributed by atoms with van der Waals surface area (Å²) in [6.45, 7) is 4.78. The predicted molar refractivity (Wildman–Crippen MR) is 113 cm³/mol. The normalized spacial score (nSPS) is 11.1. The van der Waals surface area contributed by atoms with Crippen LogP contribution in [-0.2, 0) is 6.54 Å². The number of hydrogen-bond donors (Lipinski definition) is 2. The average molecular weight is 439 g/mol. The zero-order valence-corrected chi connectivity index (χ0v) is 17.0. The van der Waals surface area contributed by atoms with Gasteiger partial charge in [-0.05, 0) is 35.7 Å². The highest BCUT2D eigenvalue weighted by molar-refractivity contribution is 14.0. The first-order valence-electron chi connectivity index (χ1n) is 7.76. The maximum atomic E-state index is 5.98. The van der Waals surface area contributed by atoms with Crippen molar-refractivity contribution in [2.24, 2.45) is 10.7 Å². The summed E-state index contributed by atoms with van der Waals surface area (Å²) in [5.41, 5.74) is 9.08. The van der Waals surface area contributed by atoms with Crippen molar-refractivity contribution in [2.45, 2.75) is 26.3 Å². The molecule has 2 aromatic rings. The van der Waals surface area contributed by atoms with Gasteiger partial charge in [0, 0.05) is 19.8 Å². The van der Waals surface area contributed by atoms with E-state index in [9.17, 15) is 0 Å². The number of pyridine rings is 1. The van der Waals surface area contributed by atoms with Crippen molar-refractivity contribution in [2.75, 3.05) is 24.3 Å². The van der Waals surface area contributed by atoms with Crippen molar-refractivity contribution in [3.8, 4) is 0 Å². The Balaban J connectivity index is 0.00000288. The fraction of sp³-hybridized carbons (Fsp3) is 0.333. The van der Waals surface area contributed by atoms with E-state index in [4.69, 9.17) is 5.73 Å². The number of rotatable bonds is 5. The summed E-state index contributed by atoms with van der Waals surface area (Å²) >= 11 is 0. The molecule has 0 bridgehead atoms. The molecule has 1 heterocycles. The van der Waals surface area contributed by atoms with E-state index in [-0.39, 0.29) is 24.0 Å². The van der Waals surface area contributed by atoms with Gasteiger partial charge in [0.25, 0.3) is 0 Å². The van der Waals surface area contributed by atoms with Gasteiger partial charge in [-0.2, -0.15) is 0 Å². The topological polar surface area (TPSA) is 66.5 Å². The van der Waals surface area contributed by atoms with Gasteiger partial charge in [0.2, 0.25) is 0 Å². The van der Waals surface area contributed by atoms with E-state index in [1.807, 2.05) is 49.3 Å². The van der Waals surface area contributed by atoms with Gasteiger partial charge < -0.3 is 16.0 Å². The highest BCUT2D eigenvalue weighted by Gasteiger charge is 2.02. The second-order valence-electron chi connectivity index (χ2n) is 5.99. The first kappa shape index (κ1) is 20.2. The molecule has 0 fully saturated rings. The number of guanidine groups is 1. The van der Waals surface area contributed by atoms with Crippen LogP contribution in [0.4, 0.5) is 11.5 Å². The Morgan fingerprint density at radius 3 is 2.58 bits per heavy atom. The molecule has 1 aromatic carbocycles. The molecule has 5 nitrogen and oxygen atoms in total. The summed E-state index contributed by atoms with van der Waals surface area (Å²) < 4.78 is 0. The summed E-state index contributed by atoms with van der Waals surface area (Å²) in [5, 5.41) is 3.13. The smallest absolute Gasteiger partial charge is 0.193 e. The van der Waals surface area contributed by atoms with Gasteiger partial charge >= 0.3 is 0 Å². The fourth-order valence-corrected chi connectivity index (χ4v) is 2.13. The van der Waals surface area contributed by atoms with Crippen LogP contribution in [0.3, 0.4) is 0 Å². The van der Waals surface area contributed by atoms with Gasteiger partial charge in [-0.3, -0.25) is 0 Å². The van der Waals surface area contributed by atoms with Crippen LogP contribution in [0.5, 0.6) is 0 Å². The average Bonchev–Trinajstić information content (AvgIpc) is 2.53. The van der Waals surface area contributed by atoms with Crippen LogP contribution in [0.1, 0.15) is 31.0 Å². The molecule has 0 atom stereocenters.